The largest absolute Gasteiger partial charge is 0.488 e. The summed E-state index contributed by atoms with van der Waals surface area (Å²) < 4.78 is 9.02. The van der Waals surface area contributed by atoms with Crippen molar-refractivity contribution in [2.24, 2.45) is 7.05 Å². The van der Waals surface area contributed by atoms with Gasteiger partial charge >= 0.3 is 0 Å². The number of aromatic nitrogens is 5. The fourth-order valence-electron chi connectivity index (χ4n) is 3.25. The zero-order chi connectivity index (χ0) is 19.7. The smallest absolute Gasteiger partial charge is 0.254 e. The standard InChI is InChI=1S/C19H20N6O3/c1-13-8-17(10-18(26)23(13)2)28-16-6-7-24(11-16)19(27)14-4-3-5-15(9-14)25-12-20-21-22-25/h3-5,8-10,12,16H,6-7,11H2,1-2H3. The van der Waals surface area contributed by atoms with Gasteiger partial charge in [-0.3, -0.25) is 9.59 Å². The first kappa shape index (κ1) is 17.9. The highest BCUT2D eigenvalue weighted by molar-refractivity contribution is 5.95. The summed E-state index contributed by atoms with van der Waals surface area (Å²) in [7, 11) is 1.72. The molecule has 144 valence electrons. The Bertz CT molecular complexity index is 1060. The highest BCUT2D eigenvalue weighted by Gasteiger charge is 2.28. The fraction of sp³-hybridized carbons (Fsp3) is 0.316. The van der Waals surface area contributed by atoms with Crippen molar-refractivity contribution >= 4 is 5.91 Å². The van der Waals surface area contributed by atoms with Crippen LogP contribution in [-0.4, -0.2) is 54.8 Å². The quantitative estimate of drug-likeness (QED) is 0.669. The molecule has 0 aliphatic carbocycles. The summed E-state index contributed by atoms with van der Waals surface area (Å²) in [4.78, 5) is 26.6. The molecule has 0 N–H and O–H groups in total. The van der Waals surface area contributed by atoms with Gasteiger partial charge in [0.25, 0.3) is 11.5 Å². The molecule has 0 saturated carbocycles. The zero-order valence-electron chi connectivity index (χ0n) is 15.6. The summed E-state index contributed by atoms with van der Waals surface area (Å²) in [6.45, 7) is 2.93. The molecule has 2 aromatic heterocycles. The molecule has 3 aromatic rings. The molecule has 1 aliphatic heterocycles. The first-order valence-electron chi connectivity index (χ1n) is 8.98. The van der Waals surface area contributed by atoms with Gasteiger partial charge in [0, 0.05) is 37.3 Å². The molecule has 0 bridgehead atoms. The minimum Gasteiger partial charge on any atom is -0.488 e. The number of benzene rings is 1. The lowest BCUT2D eigenvalue weighted by molar-refractivity contribution is 0.0772. The van der Waals surface area contributed by atoms with Crippen molar-refractivity contribution < 1.29 is 9.53 Å². The molecule has 9 heteroatoms. The number of pyridine rings is 1. The maximum atomic E-state index is 12.9. The summed E-state index contributed by atoms with van der Waals surface area (Å²) in [5.74, 6) is 0.474. The number of carbonyl (C=O) groups is 1. The molecular weight excluding hydrogens is 360 g/mol. The summed E-state index contributed by atoms with van der Waals surface area (Å²) >= 11 is 0. The second kappa shape index (κ2) is 7.26. The summed E-state index contributed by atoms with van der Waals surface area (Å²) in [6.07, 6.45) is 2.06. The van der Waals surface area contributed by atoms with E-state index in [4.69, 9.17) is 4.74 Å². The summed E-state index contributed by atoms with van der Waals surface area (Å²) in [6, 6.07) is 10.5. The number of ether oxygens (including phenoxy) is 1. The zero-order valence-corrected chi connectivity index (χ0v) is 15.6. The van der Waals surface area contributed by atoms with Crippen LogP contribution in [0.5, 0.6) is 5.75 Å². The molecule has 1 unspecified atom stereocenters. The second-order valence-corrected chi connectivity index (χ2v) is 6.81. The minimum absolute atomic E-state index is 0.0684. The van der Waals surface area contributed by atoms with Gasteiger partial charge in [-0.1, -0.05) is 6.07 Å². The van der Waals surface area contributed by atoms with E-state index in [1.54, 1.807) is 34.7 Å². The van der Waals surface area contributed by atoms with E-state index in [0.717, 1.165) is 11.4 Å². The van der Waals surface area contributed by atoms with Crippen LogP contribution in [0.15, 0.2) is 47.5 Å². The average molecular weight is 380 g/mol. The molecule has 1 aromatic carbocycles. The van der Waals surface area contributed by atoms with Crippen LogP contribution in [0.2, 0.25) is 0 Å². The molecule has 1 saturated heterocycles. The van der Waals surface area contributed by atoms with Crippen LogP contribution in [0.4, 0.5) is 0 Å². The van der Waals surface area contributed by atoms with Crippen molar-refractivity contribution in [1.29, 1.82) is 0 Å². The molecule has 0 spiro atoms. The van der Waals surface area contributed by atoms with E-state index < -0.39 is 0 Å². The highest BCUT2D eigenvalue weighted by atomic mass is 16.5. The molecule has 0 radical (unpaired) electrons. The first-order valence-corrected chi connectivity index (χ1v) is 8.98. The Balaban J connectivity index is 1.45. The van der Waals surface area contributed by atoms with Crippen molar-refractivity contribution in [3.05, 3.63) is 64.3 Å². The number of nitrogens with zero attached hydrogens (tertiary/aromatic N) is 6. The van der Waals surface area contributed by atoms with Crippen LogP contribution in [0.25, 0.3) is 5.69 Å². The van der Waals surface area contributed by atoms with Crippen molar-refractivity contribution in [3.63, 3.8) is 0 Å². The normalized spacial score (nSPS) is 16.4. The molecule has 9 nitrogen and oxygen atoms in total. The van der Waals surface area contributed by atoms with Gasteiger partial charge in [-0.15, -0.1) is 5.10 Å². The highest BCUT2D eigenvalue weighted by Crippen LogP contribution is 2.20. The third-order valence-corrected chi connectivity index (χ3v) is 4.92. The van der Waals surface area contributed by atoms with Crippen LogP contribution >= 0.6 is 0 Å². The Hall–Kier alpha value is -3.49. The van der Waals surface area contributed by atoms with E-state index in [9.17, 15) is 9.59 Å². The average Bonchev–Trinajstić information content (AvgIpc) is 3.38. The third kappa shape index (κ3) is 3.51. The van der Waals surface area contributed by atoms with Gasteiger partial charge in [0.05, 0.1) is 12.2 Å². The molecular formula is C19H20N6O3. The van der Waals surface area contributed by atoms with Crippen LogP contribution in [0.3, 0.4) is 0 Å². The summed E-state index contributed by atoms with van der Waals surface area (Å²) in [5.41, 5.74) is 2.00. The second-order valence-electron chi connectivity index (χ2n) is 6.81. The van der Waals surface area contributed by atoms with Gasteiger partial charge in [0.1, 0.15) is 18.2 Å². The molecule has 1 amide bonds. The van der Waals surface area contributed by atoms with Gasteiger partial charge < -0.3 is 14.2 Å². The van der Waals surface area contributed by atoms with Crippen molar-refractivity contribution in [2.75, 3.05) is 13.1 Å². The van der Waals surface area contributed by atoms with Crippen LogP contribution in [0, 0.1) is 6.92 Å². The lowest BCUT2D eigenvalue weighted by atomic mass is 10.2. The van der Waals surface area contributed by atoms with E-state index in [-0.39, 0.29) is 17.6 Å². The van der Waals surface area contributed by atoms with E-state index in [1.807, 2.05) is 19.1 Å². The number of rotatable bonds is 4. The number of hydrogen-bond donors (Lipinski definition) is 0. The number of likely N-dealkylation sites (tertiary alicyclic amines) is 1. The fourth-order valence-corrected chi connectivity index (χ4v) is 3.25. The molecule has 1 aliphatic rings. The molecule has 4 rings (SSSR count). The van der Waals surface area contributed by atoms with Crippen molar-refractivity contribution in [2.45, 2.75) is 19.4 Å². The SMILES string of the molecule is Cc1cc(OC2CCN(C(=O)c3cccc(-n4cnnn4)c3)C2)cc(=O)n1C. The van der Waals surface area contributed by atoms with Gasteiger partial charge in [-0.25, -0.2) is 4.68 Å². The predicted octanol–water partition coefficient (Wildman–Crippen LogP) is 0.963. The van der Waals surface area contributed by atoms with Crippen molar-refractivity contribution in [1.82, 2.24) is 29.7 Å². The van der Waals surface area contributed by atoms with Crippen LogP contribution < -0.4 is 10.3 Å². The van der Waals surface area contributed by atoms with Gasteiger partial charge in [0.15, 0.2) is 0 Å². The maximum Gasteiger partial charge on any atom is 0.254 e. The monoisotopic (exact) mass is 380 g/mol. The first-order chi connectivity index (χ1) is 13.5. The summed E-state index contributed by atoms with van der Waals surface area (Å²) in [5, 5.41) is 11.1. The number of amides is 1. The number of aryl methyl sites for hydroxylation is 1. The number of carbonyl (C=O) groups excluding carboxylic acids is 1. The Kier molecular flexibility index (Phi) is 4.64. The van der Waals surface area contributed by atoms with E-state index >= 15 is 0 Å². The van der Waals surface area contributed by atoms with E-state index in [1.165, 1.54) is 17.1 Å². The van der Waals surface area contributed by atoms with Crippen LogP contribution in [0.1, 0.15) is 22.5 Å². The Labute approximate surface area is 161 Å². The Morgan fingerprint density at radius 1 is 1.25 bits per heavy atom. The van der Waals surface area contributed by atoms with Crippen LogP contribution in [-0.2, 0) is 7.05 Å². The number of tetrazole rings is 1. The number of hydrogen-bond acceptors (Lipinski definition) is 6. The molecule has 1 atom stereocenters. The third-order valence-electron chi connectivity index (χ3n) is 4.92. The van der Waals surface area contributed by atoms with Gasteiger partial charge in [-0.05, 0) is 41.6 Å². The van der Waals surface area contributed by atoms with Gasteiger partial charge in [-0.2, -0.15) is 0 Å². The maximum absolute atomic E-state index is 12.9. The van der Waals surface area contributed by atoms with Crippen molar-refractivity contribution in [3.8, 4) is 11.4 Å². The predicted molar refractivity (Wildman–Crippen MR) is 101 cm³/mol. The topological polar surface area (TPSA) is 95.1 Å². The molecule has 1 fully saturated rings. The molecule has 3 heterocycles. The minimum atomic E-state index is -0.141. The van der Waals surface area contributed by atoms with E-state index in [0.29, 0.717) is 30.8 Å². The van der Waals surface area contributed by atoms with Gasteiger partial charge in [0.2, 0.25) is 0 Å². The lowest BCUT2D eigenvalue weighted by Crippen LogP contribution is -2.31. The van der Waals surface area contributed by atoms with E-state index in [2.05, 4.69) is 15.5 Å². The molecule has 28 heavy (non-hydrogen) atoms. The lowest BCUT2D eigenvalue weighted by Gasteiger charge is -2.18. The Morgan fingerprint density at radius 2 is 2.11 bits per heavy atom. The Morgan fingerprint density at radius 3 is 2.86 bits per heavy atom.